The van der Waals surface area contributed by atoms with E-state index in [-0.39, 0.29) is 29.3 Å². The number of carbonyl (C=O) groups is 2. The van der Waals surface area contributed by atoms with E-state index in [0.717, 1.165) is 53.1 Å². The van der Waals surface area contributed by atoms with Gasteiger partial charge in [-0.1, -0.05) is 86.7 Å². The van der Waals surface area contributed by atoms with Gasteiger partial charge in [0.1, 0.15) is 12.6 Å². The van der Waals surface area contributed by atoms with Gasteiger partial charge < -0.3 is 10.2 Å². The molecule has 0 bridgehead atoms. The second-order valence-corrected chi connectivity index (χ2v) is 14.0. The summed E-state index contributed by atoms with van der Waals surface area (Å²) in [6.07, 6.45) is 5.12. The van der Waals surface area contributed by atoms with E-state index >= 15 is 0 Å². The van der Waals surface area contributed by atoms with Crippen molar-refractivity contribution in [1.82, 2.24) is 10.2 Å². The number of sulfonamides is 1. The molecule has 1 saturated carbocycles. The molecule has 0 heterocycles. The minimum absolute atomic E-state index is 0.0778. The van der Waals surface area contributed by atoms with E-state index in [0.29, 0.717) is 10.7 Å². The number of nitrogens with one attached hydrogen (secondary N) is 1. The number of rotatable bonds is 11. The molecule has 1 N–H and O–H groups in total. The van der Waals surface area contributed by atoms with Gasteiger partial charge in [0.05, 0.1) is 10.6 Å². The van der Waals surface area contributed by atoms with E-state index in [2.05, 4.69) is 19.2 Å². The van der Waals surface area contributed by atoms with Gasteiger partial charge in [-0.2, -0.15) is 0 Å². The van der Waals surface area contributed by atoms with E-state index < -0.39 is 28.5 Å². The number of hydrogen-bond acceptors (Lipinski definition) is 4. The Balaban J connectivity index is 1.68. The number of amides is 2. The fourth-order valence-electron chi connectivity index (χ4n) is 5.33. The highest BCUT2D eigenvalue weighted by Crippen LogP contribution is 2.27. The molecular weight excluding hydrogens is 582 g/mol. The Hall–Kier alpha value is -3.36. The van der Waals surface area contributed by atoms with Gasteiger partial charge in [-0.05, 0) is 80.1 Å². The first-order valence-electron chi connectivity index (χ1n) is 15.0. The molecule has 7 nitrogen and oxygen atoms in total. The van der Waals surface area contributed by atoms with Crippen LogP contribution in [0.3, 0.4) is 0 Å². The van der Waals surface area contributed by atoms with Crippen molar-refractivity contribution >= 4 is 39.1 Å². The third kappa shape index (κ3) is 8.39. The van der Waals surface area contributed by atoms with Gasteiger partial charge in [0.25, 0.3) is 10.0 Å². The maximum absolute atomic E-state index is 14.2. The smallest absolute Gasteiger partial charge is 0.264 e. The Morgan fingerprint density at radius 3 is 2.07 bits per heavy atom. The quantitative estimate of drug-likeness (QED) is 0.254. The summed E-state index contributed by atoms with van der Waals surface area (Å²) in [6.45, 7) is 7.37. The van der Waals surface area contributed by atoms with E-state index in [1.165, 1.54) is 4.90 Å². The largest absolute Gasteiger partial charge is 0.352 e. The zero-order chi connectivity index (χ0) is 31.1. The summed E-state index contributed by atoms with van der Waals surface area (Å²) in [5.74, 6) is -0.468. The molecular formula is C34H42ClN3O4S. The van der Waals surface area contributed by atoms with Crippen LogP contribution in [0.2, 0.25) is 5.02 Å². The van der Waals surface area contributed by atoms with Crippen molar-refractivity contribution < 1.29 is 18.0 Å². The van der Waals surface area contributed by atoms with Crippen LogP contribution in [0.25, 0.3) is 0 Å². The number of aryl methyl sites for hydroxylation is 1. The van der Waals surface area contributed by atoms with Crippen LogP contribution in [0.4, 0.5) is 5.69 Å². The monoisotopic (exact) mass is 623 g/mol. The van der Waals surface area contributed by atoms with Gasteiger partial charge in [-0.25, -0.2) is 8.42 Å². The second kappa shape index (κ2) is 14.4. The maximum atomic E-state index is 14.2. The van der Waals surface area contributed by atoms with Gasteiger partial charge in [-0.15, -0.1) is 0 Å². The van der Waals surface area contributed by atoms with Crippen molar-refractivity contribution in [3.8, 4) is 0 Å². The van der Waals surface area contributed by atoms with Crippen molar-refractivity contribution in [2.45, 2.75) is 89.2 Å². The zero-order valence-corrected chi connectivity index (χ0v) is 27.0. The van der Waals surface area contributed by atoms with Crippen molar-refractivity contribution in [1.29, 1.82) is 0 Å². The molecule has 1 atom stereocenters. The fraction of sp³-hybridized carbons (Fsp3) is 0.412. The first-order chi connectivity index (χ1) is 20.5. The Bertz CT molecular complexity index is 1480. The van der Waals surface area contributed by atoms with Crippen LogP contribution in [0, 0.1) is 6.92 Å². The topological polar surface area (TPSA) is 86.8 Å². The average molecular weight is 624 g/mol. The number of benzene rings is 3. The maximum Gasteiger partial charge on any atom is 0.264 e. The molecule has 3 aromatic carbocycles. The van der Waals surface area contributed by atoms with Gasteiger partial charge >= 0.3 is 0 Å². The third-order valence-electron chi connectivity index (χ3n) is 8.12. The number of anilines is 1. The van der Waals surface area contributed by atoms with E-state index in [1.54, 1.807) is 67.6 Å². The van der Waals surface area contributed by atoms with Crippen LogP contribution in [0.1, 0.15) is 75.5 Å². The van der Waals surface area contributed by atoms with Gasteiger partial charge in [0.2, 0.25) is 11.8 Å². The molecule has 9 heteroatoms. The number of halogens is 1. The molecule has 43 heavy (non-hydrogen) atoms. The van der Waals surface area contributed by atoms with Crippen molar-refractivity contribution in [3.05, 3.63) is 94.5 Å². The Labute approximate surface area is 261 Å². The van der Waals surface area contributed by atoms with Crippen molar-refractivity contribution in [2.24, 2.45) is 0 Å². The lowest BCUT2D eigenvalue weighted by atomic mass is 9.95. The molecule has 0 aliphatic heterocycles. The van der Waals surface area contributed by atoms with Gasteiger partial charge in [0.15, 0.2) is 0 Å². The molecule has 2 amide bonds. The first kappa shape index (κ1) is 32.6. The van der Waals surface area contributed by atoms with Crippen LogP contribution < -0.4 is 9.62 Å². The highest BCUT2D eigenvalue weighted by Gasteiger charge is 2.33. The Kier molecular flexibility index (Phi) is 10.9. The molecule has 0 saturated heterocycles. The first-order valence-corrected chi connectivity index (χ1v) is 16.8. The SMILES string of the molecule is Cc1ccc(S(=O)(=O)N(CC(=O)N(Cc2ccc(Cl)cc2)C(C)C(=O)NC2CCCCC2)c2ccc(C(C)C)cc2)cc1. The van der Waals surface area contributed by atoms with Gasteiger partial charge in [-0.3, -0.25) is 13.9 Å². The van der Waals surface area contributed by atoms with Gasteiger partial charge in [0, 0.05) is 17.6 Å². The van der Waals surface area contributed by atoms with Crippen molar-refractivity contribution in [2.75, 3.05) is 10.8 Å². The summed E-state index contributed by atoms with van der Waals surface area (Å²) in [4.78, 5) is 29.2. The van der Waals surface area contributed by atoms with Crippen LogP contribution in [-0.4, -0.2) is 43.8 Å². The number of carbonyl (C=O) groups excluding carboxylic acids is 2. The molecule has 230 valence electrons. The lowest BCUT2D eigenvalue weighted by Gasteiger charge is -2.33. The number of hydrogen-bond donors (Lipinski definition) is 1. The van der Waals surface area contributed by atoms with Crippen LogP contribution in [0.5, 0.6) is 0 Å². The molecule has 1 aliphatic rings. The van der Waals surface area contributed by atoms with Crippen LogP contribution >= 0.6 is 11.6 Å². The molecule has 0 spiro atoms. The molecule has 0 aromatic heterocycles. The molecule has 0 radical (unpaired) electrons. The average Bonchev–Trinajstić information content (AvgIpc) is 2.99. The van der Waals surface area contributed by atoms with Crippen molar-refractivity contribution in [3.63, 3.8) is 0 Å². The standard InChI is InChI=1S/C34H42ClN3O4S/c1-24(2)28-14-18-31(19-15-28)38(43(41,42)32-20-10-25(3)11-21-32)23-33(39)37(22-27-12-16-29(35)17-13-27)26(4)34(40)36-30-8-6-5-7-9-30/h10-21,24,26,30H,5-9,22-23H2,1-4H3,(H,36,40). The summed E-state index contributed by atoms with van der Waals surface area (Å²) >= 11 is 6.10. The Morgan fingerprint density at radius 1 is 0.884 bits per heavy atom. The molecule has 3 aromatic rings. The fourth-order valence-corrected chi connectivity index (χ4v) is 6.87. The summed E-state index contributed by atoms with van der Waals surface area (Å²) in [7, 11) is -4.11. The zero-order valence-electron chi connectivity index (χ0n) is 25.4. The molecule has 4 rings (SSSR count). The van der Waals surface area contributed by atoms with E-state index in [4.69, 9.17) is 11.6 Å². The summed E-state index contributed by atoms with van der Waals surface area (Å²) in [5.41, 5.74) is 3.14. The third-order valence-corrected chi connectivity index (χ3v) is 10.2. The minimum atomic E-state index is -4.11. The highest BCUT2D eigenvalue weighted by molar-refractivity contribution is 7.92. The predicted molar refractivity (Wildman–Crippen MR) is 173 cm³/mol. The van der Waals surface area contributed by atoms with E-state index in [9.17, 15) is 18.0 Å². The highest BCUT2D eigenvalue weighted by atomic mass is 35.5. The van der Waals surface area contributed by atoms with Crippen LogP contribution in [0.15, 0.2) is 77.7 Å². The lowest BCUT2D eigenvalue weighted by molar-refractivity contribution is -0.139. The normalized spacial score (nSPS) is 14.7. The molecule has 1 fully saturated rings. The Morgan fingerprint density at radius 2 is 1.49 bits per heavy atom. The number of nitrogens with zero attached hydrogens (tertiary/aromatic N) is 2. The molecule has 1 aliphatic carbocycles. The van der Waals surface area contributed by atoms with Crippen LogP contribution in [-0.2, 0) is 26.2 Å². The second-order valence-electron chi connectivity index (χ2n) is 11.7. The summed E-state index contributed by atoms with van der Waals surface area (Å²) in [6, 6.07) is 20.1. The summed E-state index contributed by atoms with van der Waals surface area (Å²) in [5, 5.41) is 3.69. The lowest BCUT2D eigenvalue weighted by Crippen LogP contribution is -2.53. The molecule has 1 unspecified atom stereocenters. The predicted octanol–water partition coefficient (Wildman–Crippen LogP) is 6.83. The van der Waals surface area contributed by atoms with E-state index in [1.807, 2.05) is 19.1 Å². The summed E-state index contributed by atoms with van der Waals surface area (Å²) < 4.78 is 29.2. The minimum Gasteiger partial charge on any atom is -0.352 e.